The largest absolute Gasteiger partial charge is 0.496 e. The zero-order chi connectivity index (χ0) is 16.7. The number of methoxy groups -OCH3 is 1. The molecule has 2 rings (SSSR count). The van der Waals surface area contributed by atoms with E-state index in [2.05, 4.69) is 10.9 Å². The number of hydrazine groups is 1. The molecule has 120 valence electrons. The van der Waals surface area contributed by atoms with Gasteiger partial charge in [-0.05, 0) is 30.7 Å². The van der Waals surface area contributed by atoms with E-state index in [9.17, 15) is 9.59 Å². The van der Waals surface area contributed by atoms with Crippen LogP contribution in [0.25, 0.3) is 0 Å². The maximum absolute atomic E-state index is 12.0. The fourth-order valence-corrected chi connectivity index (χ4v) is 1.92. The van der Waals surface area contributed by atoms with Crippen molar-refractivity contribution in [3.63, 3.8) is 0 Å². The van der Waals surface area contributed by atoms with Crippen molar-refractivity contribution in [1.29, 1.82) is 0 Å². The van der Waals surface area contributed by atoms with Crippen molar-refractivity contribution in [3.8, 4) is 11.5 Å². The molecule has 0 bridgehead atoms. The summed E-state index contributed by atoms with van der Waals surface area (Å²) < 4.78 is 10.5. The number of benzene rings is 2. The number of carbonyl (C=O) groups is 2. The fraction of sp³-hybridized carbons (Fsp3) is 0.176. The van der Waals surface area contributed by atoms with Crippen LogP contribution in [0.2, 0.25) is 0 Å². The fourth-order valence-electron chi connectivity index (χ4n) is 1.92. The summed E-state index contributed by atoms with van der Waals surface area (Å²) in [5, 5.41) is 0. The molecule has 2 aromatic carbocycles. The monoisotopic (exact) mass is 314 g/mol. The van der Waals surface area contributed by atoms with Gasteiger partial charge in [-0.2, -0.15) is 0 Å². The lowest BCUT2D eigenvalue weighted by atomic mass is 10.2. The van der Waals surface area contributed by atoms with Crippen molar-refractivity contribution < 1.29 is 19.1 Å². The summed E-state index contributed by atoms with van der Waals surface area (Å²) in [5.74, 6) is 0.123. The summed E-state index contributed by atoms with van der Waals surface area (Å²) in [7, 11) is 1.47. The van der Waals surface area contributed by atoms with Crippen LogP contribution in [0, 0.1) is 6.92 Å². The van der Waals surface area contributed by atoms with Crippen LogP contribution in [-0.4, -0.2) is 25.5 Å². The van der Waals surface area contributed by atoms with E-state index in [0.29, 0.717) is 17.1 Å². The average Bonchev–Trinajstić information content (AvgIpc) is 2.58. The Morgan fingerprint density at radius 1 is 0.957 bits per heavy atom. The molecule has 0 unspecified atom stereocenters. The molecule has 0 saturated heterocycles. The van der Waals surface area contributed by atoms with Crippen LogP contribution in [0.3, 0.4) is 0 Å². The minimum absolute atomic E-state index is 0.197. The van der Waals surface area contributed by atoms with Gasteiger partial charge in [0.25, 0.3) is 11.8 Å². The highest BCUT2D eigenvalue weighted by molar-refractivity contribution is 5.97. The topological polar surface area (TPSA) is 76.7 Å². The van der Waals surface area contributed by atoms with Crippen LogP contribution in [0.5, 0.6) is 11.5 Å². The molecule has 0 saturated carbocycles. The third kappa shape index (κ3) is 4.47. The van der Waals surface area contributed by atoms with Crippen molar-refractivity contribution in [1.82, 2.24) is 10.9 Å². The van der Waals surface area contributed by atoms with E-state index in [1.165, 1.54) is 7.11 Å². The predicted octanol–water partition coefficient (Wildman–Crippen LogP) is 1.84. The Hall–Kier alpha value is -3.02. The van der Waals surface area contributed by atoms with E-state index in [1.807, 2.05) is 25.1 Å². The van der Waals surface area contributed by atoms with E-state index in [-0.39, 0.29) is 6.61 Å². The lowest BCUT2D eigenvalue weighted by Crippen LogP contribution is -2.43. The number of aryl methyl sites for hydroxylation is 1. The van der Waals surface area contributed by atoms with Gasteiger partial charge in [-0.25, -0.2) is 0 Å². The summed E-state index contributed by atoms with van der Waals surface area (Å²) in [4.78, 5) is 23.7. The Balaban J connectivity index is 1.84. The van der Waals surface area contributed by atoms with Gasteiger partial charge in [-0.15, -0.1) is 0 Å². The summed E-state index contributed by atoms with van der Waals surface area (Å²) in [6.45, 7) is 1.69. The van der Waals surface area contributed by atoms with Gasteiger partial charge in [0.05, 0.1) is 12.7 Å². The first-order valence-electron chi connectivity index (χ1n) is 7.02. The van der Waals surface area contributed by atoms with E-state index < -0.39 is 11.8 Å². The van der Waals surface area contributed by atoms with Gasteiger partial charge in [0.2, 0.25) is 0 Å². The molecular formula is C17H18N2O4. The molecule has 0 radical (unpaired) electrons. The minimum Gasteiger partial charge on any atom is -0.496 e. The van der Waals surface area contributed by atoms with Crippen molar-refractivity contribution >= 4 is 11.8 Å². The molecule has 0 aliphatic heterocycles. The smallest absolute Gasteiger partial charge is 0.276 e. The highest BCUT2D eigenvalue weighted by Gasteiger charge is 2.12. The maximum Gasteiger partial charge on any atom is 0.276 e. The molecule has 2 aromatic rings. The van der Waals surface area contributed by atoms with Crippen molar-refractivity contribution in [2.24, 2.45) is 0 Å². The number of ether oxygens (including phenoxy) is 2. The minimum atomic E-state index is -0.466. The van der Waals surface area contributed by atoms with Crippen LogP contribution in [-0.2, 0) is 4.79 Å². The second-order valence-electron chi connectivity index (χ2n) is 4.76. The summed E-state index contributed by atoms with van der Waals surface area (Å²) in [5.41, 5.74) is 5.89. The Labute approximate surface area is 134 Å². The molecular weight excluding hydrogens is 296 g/mol. The standard InChI is InChI=1S/C17H18N2O4/c1-12-7-3-5-9-14(12)23-11-16(20)18-19-17(21)13-8-4-6-10-15(13)22-2/h3-10H,11H2,1-2H3,(H,18,20)(H,19,21). The molecule has 2 amide bonds. The van der Waals surface area contributed by atoms with Gasteiger partial charge in [0, 0.05) is 0 Å². The van der Waals surface area contributed by atoms with Crippen molar-refractivity contribution in [2.45, 2.75) is 6.92 Å². The normalized spacial score (nSPS) is 9.83. The molecule has 0 fully saturated rings. The summed E-state index contributed by atoms with van der Waals surface area (Å²) >= 11 is 0. The molecule has 6 heteroatoms. The molecule has 0 aliphatic carbocycles. The highest BCUT2D eigenvalue weighted by atomic mass is 16.5. The zero-order valence-electron chi connectivity index (χ0n) is 13.0. The second kappa shape index (κ2) is 7.84. The van der Waals surface area contributed by atoms with E-state index in [0.717, 1.165) is 5.56 Å². The lowest BCUT2D eigenvalue weighted by Gasteiger charge is -2.11. The first kappa shape index (κ1) is 16.4. The third-order valence-corrected chi connectivity index (χ3v) is 3.12. The number of hydrogen-bond donors (Lipinski definition) is 2. The Morgan fingerprint density at radius 3 is 2.30 bits per heavy atom. The molecule has 6 nitrogen and oxygen atoms in total. The maximum atomic E-state index is 12.0. The number of carbonyl (C=O) groups excluding carboxylic acids is 2. The van der Waals surface area contributed by atoms with Crippen LogP contribution in [0.4, 0.5) is 0 Å². The highest BCUT2D eigenvalue weighted by Crippen LogP contribution is 2.17. The molecule has 23 heavy (non-hydrogen) atoms. The molecule has 0 heterocycles. The van der Waals surface area contributed by atoms with Gasteiger partial charge in [-0.3, -0.25) is 20.4 Å². The molecule has 0 atom stereocenters. The Bertz CT molecular complexity index is 700. The van der Waals surface area contributed by atoms with E-state index in [4.69, 9.17) is 9.47 Å². The summed E-state index contributed by atoms with van der Waals surface area (Å²) in [6, 6.07) is 14.1. The average molecular weight is 314 g/mol. The number of nitrogens with one attached hydrogen (secondary N) is 2. The van der Waals surface area contributed by atoms with Crippen LogP contribution in [0.1, 0.15) is 15.9 Å². The van der Waals surface area contributed by atoms with Gasteiger partial charge in [0.15, 0.2) is 6.61 Å². The van der Waals surface area contributed by atoms with Gasteiger partial charge < -0.3 is 9.47 Å². The molecule has 0 aromatic heterocycles. The number of rotatable bonds is 5. The van der Waals surface area contributed by atoms with E-state index >= 15 is 0 Å². The van der Waals surface area contributed by atoms with Gasteiger partial charge in [0.1, 0.15) is 11.5 Å². The zero-order valence-corrected chi connectivity index (χ0v) is 13.0. The third-order valence-electron chi connectivity index (χ3n) is 3.12. The van der Waals surface area contributed by atoms with Gasteiger partial charge >= 0.3 is 0 Å². The number of hydrogen-bond acceptors (Lipinski definition) is 4. The Morgan fingerprint density at radius 2 is 1.61 bits per heavy atom. The SMILES string of the molecule is COc1ccccc1C(=O)NNC(=O)COc1ccccc1C. The molecule has 0 spiro atoms. The lowest BCUT2D eigenvalue weighted by molar-refractivity contribution is -0.123. The first-order chi connectivity index (χ1) is 11.1. The second-order valence-corrected chi connectivity index (χ2v) is 4.76. The Kier molecular flexibility index (Phi) is 5.57. The number of para-hydroxylation sites is 2. The van der Waals surface area contributed by atoms with Crippen LogP contribution in [0.15, 0.2) is 48.5 Å². The van der Waals surface area contributed by atoms with Crippen molar-refractivity contribution in [3.05, 3.63) is 59.7 Å². The first-order valence-corrected chi connectivity index (χ1v) is 7.02. The van der Waals surface area contributed by atoms with E-state index in [1.54, 1.807) is 30.3 Å². The van der Waals surface area contributed by atoms with Gasteiger partial charge in [-0.1, -0.05) is 30.3 Å². The predicted molar refractivity (Wildman–Crippen MR) is 85.3 cm³/mol. The molecule has 0 aliphatic rings. The molecule has 2 N–H and O–H groups in total. The van der Waals surface area contributed by atoms with Crippen LogP contribution >= 0.6 is 0 Å². The number of amides is 2. The summed E-state index contributed by atoms with van der Waals surface area (Å²) in [6.07, 6.45) is 0. The van der Waals surface area contributed by atoms with Crippen LogP contribution < -0.4 is 20.3 Å². The van der Waals surface area contributed by atoms with Crippen molar-refractivity contribution in [2.75, 3.05) is 13.7 Å². The quantitative estimate of drug-likeness (QED) is 0.826.